The third-order valence-electron chi connectivity index (χ3n) is 2.23. The summed E-state index contributed by atoms with van der Waals surface area (Å²) >= 11 is 0. The lowest BCUT2D eigenvalue weighted by atomic mass is 10.2. The standard InChI is InChI=1S/C11H12N4O3/c1-17-9-3-8(4-10(18-2)11(9)16)5-13-15-7-12-6-14-15/h3-7,16H,1-2H3/b13-5+. The molecule has 0 radical (unpaired) electrons. The summed E-state index contributed by atoms with van der Waals surface area (Å²) in [6.45, 7) is 0. The van der Waals surface area contributed by atoms with E-state index in [1.165, 1.54) is 31.7 Å². The van der Waals surface area contributed by atoms with Crippen LogP contribution < -0.4 is 9.47 Å². The van der Waals surface area contributed by atoms with Crippen LogP contribution in [0, 0.1) is 0 Å². The lowest BCUT2D eigenvalue weighted by Gasteiger charge is -2.08. The van der Waals surface area contributed by atoms with E-state index in [2.05, 4.69) is 15.2 Å². The van der Waals surface area contributed by atoms with Gasteiger partial charge in [-0.05, 0) is 12.1 Å². The summed E-state index contributed by atoms with van der Waals surface area (Å²) in [5, 5.41) is 17.6. The average molecular weight is 248 g/mol. The Hall–Kier alpha value is -2.57. The molecule has 0 saturated heterocycles. The lowest BCUT2D eigenvalue weighted by Crippen LogP contribution is -1.94. The van der Waals surface area contributed by atoms with E-state index in [4.69, 9.17) is 9.47 Å². The van der Waals surface area contributed by atoms with E-state index in [1.54, 1.807) is 18.3 Å². The SMILES string of the molecule is COc1cc(/C=N/n2cncn2)cc(OC)c1O. The maximum Gasteiger partial charge on any atom is 0.200 e. The summed E-state index contributed by atoms with van der Waals surface area (Å²) in [4.78, 5) is 5.08. The largest absolute Gasteiger partial charge is 0.502 e. The lowest BCUT2D eigenvalue weighted by molar-refractivity contribution is 0.340. The van der Waals surface area contributed by atoms with Gasteiger partial charge in [0.1, 0.15) is 12.7 Å². The summed E-state index contributed by atoms with van der Waals surface area (Å²) in [5.41, 5.74) is 0.706. The molecule has 0 amide bonds. The molecule has 2 aromatic rings. The fraction of sp³-hybridized carbons (Fsp3) is 0.182. The Morgan fingerprint density at radius 1 is 1.28 bits per heavy atom. The fourth-order valence-corrected chi connectivity index (χ4v) is 1.38. The van der Waals surface area contributed by atoms with Crippen LogP contribution >= 0.6 is 0 Å². The van der Waals surface area contributed by atoms with E-state index in [0.717, 1.165) is 0 Å². The molecular weight excluding hydrogens is 236 g/mol. The van der Waals surface area contributed by atoms with E-state index in [-0.39, 0.29) is 5.75 Å². The quantitative estimate of drug-likeness (QED) is 0.812. The minimum absolute atomic E-state index is 0.0436. The summed E-state index contributed by atoms with van der Waals surface area (Å²) in [7, 11) is 2.93. The van der Waals surface area contributed by atoms with Crippen molar-refractivity contribution in [3.8, 4) is 17.2 Å². The zero-order valence-electron chi connectivity index (χ0n) is 9.94. The van der Waals surface area contributed by atoms with Crippen molar-refractivity contribution in [1.29, 1.82) is 0 Å². The number of ether oxygens (including phenoxy) is 2. The molecule has 7 heteroatoms. The second-order valence-electron chi connectivity index (χ2n) is 3.33. The van der Waals surface area contributed by atoms with Gasteiger partial charge in [-0.15, -0.1) is 9.89 Å². The van der Waals surface area contributed by atoms with Crippen molar-refractivity contribution in [1.82, 2.24) is 14.9 Å². The highest BCUT2D eigenvalue weighted by Crippen LogP contribution is 2.36. The molecule has 94 valence electrons. The molecule has 1 N–H and O–H groups in total. The Bertz CT molecular complexity index is 526. The van der Waals surface area contributed by atoms with Crippen LogP contribution in [0.15, 0.2) is 29.9 Å². The van der Waals surface area contributed by atoms with Crippen LogP contribution in [0.2, 0.25) is 0 Å². The molecule has 1 heterocycles. The number of hydrogen-bond donors (Lipinski definition) is 1. The summed E-state index contributed by atoms with van der Waals surface area (Å²) in [6.07, 6.45) is 4.40. The van der Waals surface area contributed by atoms with Gasteiger partial charge in [0.15, 0.2) is 11.5 Å². The molecule has 0 aliphatic heterocycles. The Labute approximate surface area is 103 Å². The van der Waals surface area contributed by atoms with Crippen molar-refractivity contribution in [2.24, 2.45) is 5.10 Å². The Morgan fingerprint density at radius 3 is 2.44 bits per heavy atom. The van der Waals surface area contributed by atoms with Crippen molar-refractivity contribution in [2.45, 2.75) is 0 Å². The van der Waals surface area contributed by atoms with Crippen LogP contribution in [0.4, 0.5) is 0 Å². The minimum atomic E-state index is -0.0436. The Kier molecular flexibility index (Phi) is 3.42. The topological polar surface area (TPSA) is 81.8 Å². The predicted octanol–water partition coefficient (Wildman–Crippen LogP) is 0.883. The van der Waals surface area contributed by atoms with Gasteiger partial charge in [-0.1, -0.05) is 0 Å². The molecule has 0 fully saturated rings. The zero-order chi connectivity index (χ0) is 13.0. The third kappa shape index (κ3) is 2.40. The minimum Gasteiger partial charge on any atom is -0.502 e. The summed E-state index contributed by atoms with van der Waals surface area (Å²) in [6, 6.07) is 3.27. The maximum atomic E-state index is 9.74. The Morgan fingerprint density at radius 2 is 1.94 bits per heavy atom. The number of hydrogen-bond acceptors (Lipinski definition) is 6. The second kappa shape index (κ2) is 5.17. The number of methoxy groups -OCH3 is 2. The molecule has 18 heavy (non-hydrogen) atoms. The fourth-order valence-electron chi connectivity index (χ4n) is 1.38. The van der Waals surface area contributed by atoms with Gasteiger partial charge in [-0.3, -0.25) is 0 Å². The molecular formula is C11H12N4O3. The van der Waals surface area contributed by atoms with Crippen LogP contribution in [0.25, 0.3) is 0 Å². The first-order chi connectivity index (χ1) is 8.74. The van der Waals surface area contributed by atoms with E-state index >= 15 is 0 Å². The second-order valence-corrected chi connectivity index (χ2v) is 3.33. The van der Waals surface area contributed by atoms with Crippen molar-refractivity contribution in [3.05, 3.63) is 30.4 Å². The third-order valence-corrected chi connectivity index (χ3v) is 2.23. The first kappa shape index (κ1) is 11.9. The number of aromatic hydroxyl groups is 1. The van der Waals surface area contributed by atoms with E-state index < -0.39 is 0 Å². The van der Waals surface area contributed by atoms with Crippen LogP contribution in [-0.2, 0) is 0 Å². The van der Waals surface area contributed by atoms with Crippen LogP contribution in [0.3, 0.4) is 0 Å². The molecule has 0 spiro atoms. The van der Waals surface area contributed by atoms with Crippen molar-refractivity contribution >= 4 is 6.21 Å². The summed E-state index contributed by atoms with van der Waals surface area (Å²) < 4.78 is 10.1. The maximum absolute atomic E-state index is 9.74. The number of phenols is 1. The van der Waals surface area contributed by atoms with Crippen molar-refractivity contribution in [3.63, 3.8) is 0 Å². The molecule has 0 atom stereocenters. The number of benzene rings is 1. The zero-order valence-corrected chi connectivity index (χ0v) is 9.94. The number of aromatic nitrogens is 3. The molecule has 1 aromatic carbocycles. The van der Waals surface area contributed by atoms with Gasteiger partial charge in [-0.25, -0.2) is 4.98 Å². The van der Waals surface area contributed by atoms with E-state index in [9.17, 15) is 5.11 Å². The molecule has 7 nitrogen and oxygen atoms in total. The smallest absolute Gasteiger partial charge is 0.200 e. The van der Waals surface area contributed by atoms with Gasteiger partial charge < -0.3 is 14.6 Å². The predicted molar refractivity (Wildman–Crippen MR) is 64.2 cm³/mol. The van der Waals surface area contributed by atoms with Gasteiger partial charge in [0, 0.05) is 5.56 Å². The normalized spacial score (nSPS) is 10.8. The van der Waals surface area contributed by atoms with Crippen molar-refractivity contribution < 1.29 is 14.6 Å². The highest BCUT2D eigenvalue weighted by molar-refractivity contribution is 5.82. The molecule has 0 unspecified atom stereocenters. The molecule has 0 aliphatic rings. The van der Waals surface area contributed by atoms with Gasteiger partial charge in [0.2, 0.25) is 5.75 Å². The van der Waals surface area contributed by atoms with Gasteiger partial charge >= 0.3 is 0 Å². The van der Waals surface area contributed by atoms with E-state index in [0.29, 0.717) is 17.1 Å². The Balaban J connectivity index is 2.33. The number of rotatable bonds is 4. The number of nitrogens with zero attached hydrogens (tertiary/aromatic N) is 4. The van der Waals surface area contributed by atoms with Crippen LogP contribution in [0.5, 0.6) is 17.2 Å². The van der Waals surface area contributed by atoms with Gasteiger partial charge in [0.25, 0.3) is 0 Å². The highest BCUT2D eigenvalue weighted by Gasteiger charge is 2.10. The molecule has 0 aliphatic carbocycles. The molecule has 2 rings (SSSR count). The first-order valence-electron chi connectivity index (χ1n) is 5.08. The van der Waals surface area contributed by atoms with Crippen molar-refractivity contribution in [2.75, 3.05) is 14.2 Å². The van der Waals surface area contributed by atoms with E-state index in [1.807, 2.05) is 0 Å². The van der Waals surface area contributed by atoms with Crippen LogP contribution in [0.1, 0.15) is 5.56 Å². The van der Waals surface area contributed by atoms with Crippen LogP contribution in [-0.4, -0.2) is 40.4 Å². The van der Waals surface area contributed by atoms with Gasteiger partial charge in [-0.2, -0.15) is 5.10 Å². The van der Waals surface area contributed by atoms with Gasteiger partial charge in [0.05, 0.1) is 20.4 Å². The molecule has 1 aromatic heterocycles. The first-order valence-corrected chi connectivity index (χ1v) is 5.08. The molecule has 0 bridgehead atoms. The average Bonchev–Trinajstić information content (AvgIpc) is 2.90. The molecule has 0 saturated carbocycles. The highest BCUT2D eigenvalue weighted by atomic mass is 16.5. The number of phenolic OH excluding ortho intramolecular Hbond substituents is 1. The summed E-state index contributed by atoms with van der Waals surface area (Å²) in [5.74, 6) is 0.585. The monoisotopic (exact) mass is 248 g/mol.